The highest BCUT2D eigenvalue weighted by molar-refractivity contribution is 5.67. The van der Waals surface area contributed by atoms with E-state index in [0.717, 1.165) is 0 Å². The Morgan fingerprint density at radius 3 is 2.80 bits per heavy atom. The lowest BCUT2D eigenvalue weighted by atomic mass is 10.2. The molecule has 0 fully saturated rings. The van der Waals surface area contributed by atoms with E-state index < -0.39 is 0 Å². The molecular formula is C10H12N4O. The van der Waals surface area contributed by atoms with Gasteiger partial charge in [-0.25, -0.2) is 4.99 Å². The van der Waals surface area contributed by atoms with Crippen molar-refractivity contribution >= 4 is 17.7 Å². The quantitative estimate of drug-likeness (QED) is 0.445. The molecule has 0 heterocycles. The minimum Gasteiger partial charge on any atom is -0.369 e. The Balaban J connectivity index is 3.04. The first-order valence-corrected chi connectivity index (χ1v) is 4.32. The Bertz CT molecular complexity index is 406. The number of anilines is 1. The zero-order valence-corrected chi connectivity index (χ0v) is 8.60. The van der Waals surface area contributed by atoms with Gasteiger partial charge in [0.1, 0.15) is 6.07 Å². The predicted octanol–water partition coefficient (Wildman–Crippen LogP) is 1.58. The van der Waals surface area contributed by atoms with Gasteiger partial charge in [-0.3, -0.25) is 10.7 Å². The SMILES string of the molecule is CN(C)C=Nc1ccc(NO)cc1C#N. The molecule has 0 radical (unpaired) electrons. The van der Waals surface area contributed by atoms with E-state index >= 15 is 0 Å². The molecule has 1 aromatic rings. The lowest BCUT2D eigenvalue weighted by Gasteiger charge is -2.04. The lowest BCUT2D eigenvalue weighted by Crippen LogP contribution is -2.07. The Hall–Kier alpha value is -2.06. The van der Waals surface area contributed by atoms with Crippen molar-refractivity contribution in [2.45, 2.75) is 0 Å². The summed E-state index contributed by atoms with van der Waals surface area (Å²) in [5, 5.41) is 17.5. The van der Waals surface area contributed by atoms with E-state index in [9.17, 15) is 0 Å². The summed E-state index contributed by atoms with van der Waals surface area (Å²) in [7, 11) is 3.69. The molecule has 0 amide bonds. The van der Waals surface area contributed by atoms with Crippen molar-refractivity contribution in [3.05, 3.63) is 23.8 Å². The molecule has 0 aliphatic rings. The standard InChI is InChI=1S/C10H12N4O/c1-14(2)7-12-10-4-3-9(13-15)5-8(10)6-11/h3-5,7,13,15H,1-2H3. The van der Waals surface area contributed by atoms with Crippen LogP contribution in [0.2, 0.25) is 0 Å². The van der Waals surface area contributed by atoms with Gasteiger partial charge < -0.3 is 4.90 Å². The first-order valence-electron chi connectivity index (χ1n) is 4.32. The number of rotatable bonds is 3. The Labute approximate surface area is 88.2 Å². The molecule has 0 aromatic heterocycles. The van der Waals surface area contributed by atoms with Gasteiger partial charge in [-0.05, 0) is 18.2 Å². The van der Waals surface area contributed by atoms with E-state index in [2.05, 4.69) is 4.99 Å². The summed E-state index contributed by atoms with van der Waals surface area (Å²) in [5.41, 5.74) is 3.43. The van der Waals surface area contributed by atoms with Crippen LogP contribution in [0.5, 0.6) is 0 Å². The monoisotopic (exact) mass is 204 g/mol. The maximum Gasteiger partial charge on any atom is 0.101 e. The van der Waals surface area contributed by atoms with Crippen LogP contribution in [0.1, 0.15) is 5.56 Å². The van der Waals surface area contributed by atoms with Gasteiger partial charge in [-0.2, -0.15) is 5.26 Å². The Kier molecular flexibility index (Phi) is 3.66. The molecule has 78 valence electrons. The van der Waals surface area contributed by atoms with Crippen LogP contribution >= 0.6 is 0 Å². The maximum atomic E-state index is 8.86. The molecule has 5 nitrogen and oxygen atoms in total. The van der Waals surface area contributed by atoms with Crippen LogP contribution in [0, 0.1) is 11.3 Å². The molecule has 5 heteroatoms. The highest BCUT2D eigenvalue weighted by Gasteiger charge is 2.01. The van der Waals surface area contributed by atoms with Gasteiger partial charge in [-0.1, -0.05) is 0 Å². The highest BCUT2D eigenvalue weighted by atomic mass is 16.5. The zero-order valence-electron chi connectivity index (χ0n) is 8.60. The number of benzene rings is 1. The number of nitriles is 1. The zero-order chi connectivity index (χ0) is 11.3. The van der Waals surface area contributed by atoms with Gasteiger partial charge in [0.05, 0.1) is 23.3 Å². The van der Waals surface area contributed by atoms with Gasteiger partial charge in [-0.15, -0.1) is 0 Å². The molecule has 0 saturated heterocycles. The number of nitrogens with zero attached hydrogens (tertiary/aromatic N) is 3. The minimum absolute atomic E-state index is 0.409. The normalized spacial score (nSPS) is 10.0. The van der Waals surface area contributed by atoms with Crippen LogP contribution < -0.4 is 5.48 Å². The molecule has 0 aliphatic carbocycles. The molecule has 15 heavy (non-hydrogen) atoms. The van der Waals surface area contributed by atoms with Crippen molar-refractivity contribution in [3.63, 3.8) is 0 Å². The van der Waals surface area contributed by atoms with Crippen molar-refractivity contribution < 1.29 is 5.21 Å². The second kappa shape index (κ2) is 4.98. The summed E-state index contributed by atoms with van der Waals surface area (Å²) in [4.78, 5) is 5.90. The second-order valence-corrected chi connectivity index (χ2v) is 3.16. The first kappa shape index (κ1) is 11.0. The summed E-state index contributed by atoms with van der Waals surface area (Å²) < 4.78 is 0. The molecule has 1 rings (SSSR count). The van der Waals surface area contributed by atoms with Gasteiger partial charge in [0.2, 0.25) is 0 Å². The van der Waals surface area contributed by atoms with Crippen LogP contribution in [0.15, 0.2) is 23.2 Å². The van der Waals surface area contributed by atoms with Crippen molar-refractivity contribution in [3.8, 4) is 6.07 Å². The number of nitrogens with one attached hydrogen (secondary N) is 1. The van der Waals surface area contributed by atoms with Gasteiger partial charge in [0.25, 0.3) is 0 Å². The fraction of sp³-hybridized carbons (Fsp3) is 0.200. The van der Waals surface area contributed by atoms with E-state index in [-0.39, 0.29) is 0 Å². The maximum absolute atomic E-state index is 8.86. The van der Waals surface area contributed by atoms with Crippen LogP contribution in [-0.4, -0.2) is 30.5 Å². The second-order valence-electron chi connectivity index (χ2n) is 3.16. The molecule has 0 atom stereocenters. The molecule has 0 bridgehead atoms. The fourth-order valence-corrected chi connectivity index (χ4v) is 0.985. The minimum atomic E-state index is 0.409. The molecule has 2 N–H and O–H groups in total. The third-order valence-corrected chi connectivity index (χ3v) is 1.67. The van der Waals surface area contributed by atoms with Gasteiger partial charge in [0.15, 0.2) is 0 Å². The third kappa shape index (κ3) is 2.97. The molecule has 0 unspecified atom stereocenters. The van der Waals surface area contributed by atoms with Crippen molar-refractivity contribution in [1.82, 2.24) is 4.90 Å². The molecular weight excluding hydrogens is 192 g/mol. The van der Waals surface area contributed by atoms with Crippen LogP contribution in [0.3, 0.4) is 0 Å². The summed E-state index contributed by atoms with van der Waals surface area (Å²) in [6, 6.07) is 6.85. The van der Waals surface area contributed by atoms with E-state index in [1.165, 1.54) is 6.07 Å². The largest absolute Gasteiger partial charge is 0.369 e. The van der Waals surface area contributed by atoms with E-state index in [1.807, 2.05) is 25.6 Å². The van der Waals surface area contributed by atoms with Crippen molar-refractivity contribution in [1.29, 1.82) is 5.26 Å². The summed E-state index contributed by atoms with van der Waals surface area (Å²) in [6.45, 7) is 0. The van der Waals surface area contributed by atoms with Crippen LogP contribution in [0.4, 0.5) is 11.4 Å². The van der Waals surface area contributed by atoms with Crippen LogP contribution in [0.25, 0.3) is 0 Å². The molecule has 0 spiro atoms. The average molecular weight is 204 g/mol. The van der Waals surface area contributed by atoms with Crippen molar-refractivity contribution in [2.75, 3.05) is 19.6 Å². The highest BCUT2D eigenvalue weighted by Crippen LogP contribution is 2.21. The topological polar surface area (TPSA) is 71.7 Å². The third-order valence-electron chi connectivity index (χ3n) is 1.67. The number of aliphatic imine (C=N–C) groups is 1. The molecule has 0 saturated carbocycles. The summed E-state index contributed by atoms with van der Waals surface area (Å²) in [6.07, 6.45) is 1.61. The molecule has 0 aliphatic heterocycles. The van der Waals surface area contributed by atoms with Gasteiger partial charge >= 0.3 is 0 Å². The smallest absolute Gasteiger partial charge is 0.101 e. The summed E-state index contributed by atoms with van der Waals surface area (Å²) in [5.74, 6) is 0. The average Bonchev–Trinajstić information content (AvgIpc) is 2.25. The number of hydrogen-bond donors (Lipinski definition) is 2. The fourth-order valence-electron chi connectivity index (χ4n) is 0.985. The van der Waals surface area contributed by atoms with E-state index in [4.69, 9.17) is 10.5 Å². The van der Waals surface area contributed by atoms with Gasteiger partial charge in [0, 0.05) is 14.1 Å². The Morgan fingerprint density at radius 2 is 2.27 bits per heavy atom. The molecule has 1 aromatic carbocycles. The summed E-state index contributed by atoms with van der Waals surface area (Å²) >= 11 is 0. The number of hydrogen-bond acceptors (Lipinski definition) is 4. The van der Waals surface area contributed by atoms with Crippen molar-refractivity contribution in [2.24, 2.45) is 4.99 Å². The van der Waals surface area contributed by atoms with E-state index in [0.29, 0.717) is 16.9 Å². The lowest BCUT2D eigenvalue weighted by molar-refractivity contribution is 0.389. The Morgan fingerprint density at radius 1 is 1.53 bits per heavy atom. The van der Waals surface area contributed by atoms with Crippen LogP contribution in [-0.2, 0) is 0 Å². The predicted molar refractivity (Wildman–Crippen MR) is 58.4 cm³/mol. The van der Waals surface area contributed by atoms with E-state index in [1.54, 1.807) is 23.4 Å². The first-order chi connectivity index (χ1) is 7.17.